The molecule has 0 aliphatic carbocycles. The zero-order valence-corrected chi connectivity index (χ0v) is 9.15. The number of halogens is 3. The summed E-state index contributed by atoms with van der Waals surface area (Å²) < 4.78 is 38.8. The molecule has 0 aliphatic heterocycles. The molecule has 0 amide bonds. The lowest BCUT2D eigenvalue weighted by atomic mass is 9.96. The Labute approximate surface area is 88.1 Å². The molecule has 0 aliphatic rings. The largest absolute Gasteiger partial charge is 0.266 e. The Bertz CT molecular complexity index is 343. The van der Waals surface area contributed by atoms with Gasteiger partial charge in [0.2, 0.25) is 0 Å². The van der Waals surface area contributed by atoms with Crippen LogP contribution in [-0.2, 0) is 6.42 Å². The lowest BCUT2D eigenvalue weighted by Crippen LogP contribution is -2.04. The van der Waals surface area contributed by atoms with Crippen molar-refractivity contribution in [2.75, 3.05) is 0 Å². The van der Waals surface area contributed by atoms with Crippen molar-refractivity contribution < 1.29 is 13.2 Å². The molecule has 0 unspecified atom stereocenters. The molecule has 0 heterocycles. The Morgan fingerprint density at radius 1 is 1.20 bits per heavy atom. The zero-order chi connectivity index (χ0) is 11.6. The van der Waals surface area contributed by atoms with Gasteiger partial charge in [0.05, 0.1) is 5.56 Å². The van der Waals surface area contributed by atoms with E-state index in [1.54, 1.807) is 12.1 Å². The highest BCUT2D eigenvalue weighted by molar-refractivity contribution is 5.34. The van der Waals surface area contributed by atoms with Gasteiger partial charge in [-0.15, -0.1) is 0 Å². The standard InChI is InChI=1S/C12H15F3/c1-7(2)6-9-5-4-8(3)11(13)10(9)12(14)15/h4-5,7,12H,6H2,1-3H3. The topological polar surface area (TPSA) is 0 Å². The fraction of sp³-hybridized carbons (Fsp3) is 0.500. The van der Waals surface area contributed by atoms with Crippen LogP contribution in [0.4, 0.5) is 13.2 Å². The van der Waals surface area contributed by atoms with Crippen LogP contribution in [0.5, 0.6) is 0 Å². The normalized spacial score (nSPS) is 11.5. The summed E-state index contributed by atoms with van der Waals surface area (Å²) in [5, 5.41) is 0. The minimum absolute atomic E-state index is 0.240. The Kier molecular flexibility index (Phi) is 3.77. The third kappa shape index (κ3) is 2.74. The molecule has 15 heavy (non-hydrogen) atoms. The Balaban J connectivity index is 3.21. The first-order valence-corrected chi connectivity index (χ1v) is 4.99. The summed E-state index contributed by atoms with van der Waals surface area (Å²) in [7, 11) is 0. The predicted molar refractivity (Wildman–Crippen MR) is 54.6 cm³/mol. The van der Waals surface area contributed by atoms with Crippen molar-refractivity contribution in [3.63, 3.8) is 0 Å². The average Bonchev–Trinajstić information content (AvgIpc) is 2.10. The van der Waals surface area contributed by atoms with E-state index in [0.29, 0.717) is 12.0 Å². The minimum Gasteiger partial charge on any atom is -0.206 e. The third-order valence-corrected chi connectivity index (χ3v) is 2.31. The van der Waals surface area contributed by atoms with E-state index in [9.17, 15) is 13.2 Å². The number of benzene rings is 1. The second kappa shape index (κ2) is 4.69. The molecule has 84 valence electrons. The van der Waals surface area contributed by atoms with Crippen molar-refractivity contribution in [1.29, 1.82) is 0 Å². The van der Waals surface area contributed by atoms with Gasteiger partial charge in [0, 0.05) is 0 Å². The first-order chi connectivity index (χ1) is 6.93. The van der Waals surface area contributed by atoms with Crippen molar-refractivity contribution in [1.82, 2.24) is 0 Å². The van der Waals surface area contributed by atoms with Crippen LogP contribution >= 0.6 is 0 Å². The molecule has 0 saturated carbocycles. The van der Waals surface area contributed by atoms with Crippen molar-refractivity contribution in [3.05, 3.63) is 34.6 Å². The molecule has 0 bridgehead atoms. The maximum absolute atomic E-state index is 13.5. The van der Waals surface area contributed by atoms with Crippen molar-refractivity contribution in [2.45, 2.75) is 33.6 Å². The maximum atomic E-state index is 13.5. The van der Waals surface area contributed by atoms with E-state index in [4.69, 9.17) is 0 Å². The lowest BCUT2D eigenvalue weighted by molar-refractivity contribution is 0.144. The maximum Gasteiger partial charge on any atom is 0.266 e. The molecule has 0 N–H and O–H groups in total. The number of hydrogen-bond acceptors (Lipinski definition) is 0. The third-order valence-electron chi connectivity index (χ3n) is 2.31. The van der Waals surface area contributed by atoms with Gasteiger partial charge in [-0.1, -0.05) is 26.0 Å². The summed E-state index contributed by atoms with van der Waals surface area (Å²) in [6, 6.07) is 3.15. The van der Waals surface area contributed by atoms with Crippen LogP contribution in [0.2, 0.25) is 0 Å². The molecule has 0 nitrogen and oxygen atoms in total. The van der Waals surface area contributed by atoms with Crippen molar-refractivity contribution >= 4 is 0 Å². The number of alkyl halides is 2. The van der Waals surface area contributed by atoms with Crippen molar-refractivity contribution in [3.8, 4) is 0 Å². The van der Waals surface area contributed by atoms with E-state index in [2.05, 4.69) is 0 Å². The van der Waals surface area contributed by atoms with Gasteiger partial charge in [-0.05, 0) is 30.4 Å². The molecule has 1 rings (SSSR count). The van der Waals surface area contributed by atoms with Crippen LogP contribution in [0.3, 0.4) is 0 Å². The Hall–Kier alpha value is -0.990. The minimum atomic E-state index is -2.74. The molecular weight excluding hydrogens is 201 g/mol. The monoisotopic (exact) mass is 216 g/mol. The number of aryl methyl sites for hydroxylation is 1. The zero-order valence-electron chi connectivity index (χ0n) is 9.15. The van der Waals surface area contributed by atoms with Crippen molar-refractivity contribution in [2.24, 2.45) is 5.92 Å². The van der Waals surface area contributed by atoms with Gasteiger partial charge < -0.3 is 0 Å². The van der Waals surface area contributed by atoms with E-state index >= 15 is 0 Å². The van der Waals surface area contributed by atoms with Crippen LogP contribution in [0.15, 0.2) is 12.1 Å². The molecule has 1 aromatic rings. The highest BCUT2D eigenvalue weighted by Crippen LogP contribution is 2.29. The fourth-order valence-corrected chi connectivity index (χ4v) is 1.60. The van der Waals surface area contributed by atoms with Gasteiger partial charge in [-0.3, -0.25) is 0 Å². The van der Waals surface area contributed by atoms with Crippen LogP contribution in [0.25, 0.3) is 0 Å². The molecule has 0 atom stereocenters. The SMILES string of the molecule is Cc1ccc(CC(C)C)c(C(F)F)c1F. The molecule has 0 spiro atoms. The number of rotatable bonds is 3. The summed E-state index contributed by atoms with van der Waals surface area (Å²) in [4.78, 5) is 0. The molecule has 0 fully saturated rings. The van der Waals surface area contributed by atoms with Crippen LogP contribution in [0.1, 0.15) is 37.0 Å². The van der Waals surface area contributed by atoms with Gasteiger partial charge in [-0.2, -0.15) is 0 Å². The smallest absolute Gasteiger partial charge is 0.206 e. The van der Waals surface area contributed by atoms with E-state index in [1.165, 1.54) is 6.92 Å². The van der Waals surface area contributed by atoms with Crippen LogP contribution in [0, 0.1) is 18.7 Å². The van der Waals surface area contributed by atoms with Gasteiger partial charge in [0.1, 0.15) is 5.82 Å². The Morgan fingerprint density at radius 3 is 2.27 bits per heavy atom. The van der Waals surface area contributed by atoms with E-state index in [0.717, 1.165) is 0 Å². The summed E-state index contributed by atoms with van der Waals surface area (Å²) in [6.45, 7) is 5.35. The predicted octanol–water partition coefficient (Wildman–Crippen LogP) is 4.27. The average molecular weight is 216 g/mol. The molecule has 0 aromatic heterocycles. The van der Waals surface area contributed by atoms with Crippen LogP contribution in [-0.4, -0.2) is 0 Å². The highest BCUT2D eigenvalue weighted by atomic mass is 19.3. The van der Waals surface area contributed by atoms with E-state index in [-0.39, 0.29) is 11.5 Å². The van der Waals surface area contributed by atoms with E-state index in [1.807, 2.05) is 13.8 Å². The van der Waals surface area contributed by atoms with Gasteiger partial charge in [0.15, 0.2) is 0 Å². The van der Waals surface area contributed by atoms with E-state index < -0.39 is 17.8 Å². The highest BCUT2D eigenvalue weighted by Gasteiger charge is 2.20. The summed E-state index contributed by atoms with van der Waals surface area (Å²) in [6.07, 6.45) is -2.25. The molecule has 0 saturated heterocycles. The summed E-state index contributed by atoms with van der Waals surface area (Å²) in [5.74, 6) is -0.521. The summed E-state index contributed by atoms with van der Waals surface area (Å²) >= 11 is 0. The first kappa shape index (κ1) is 12.1. The van der Waals surface area contributed by atoms with Gasteiger partial charge in [0.25, 0.3) is 6.43 Å². The second-order valence-electron chi connectivity index (χ2n) is 4.17. The quantitative estimate of drug-likeness (QED) is 0.707. The van der Waals surface area contributed by atoms with Gasteiger partial charge >= 0.3 is 0 Å². The number of hydrogen-bond donors (Lipinski definition) is 0. The molecule has 1 aromatic carbocycles. The molecule has 3 heteroatoms. The molecule has 0 radical (unpaired) electrons. The summed E-state index contributed by atoms with van der Waals surface area (Å²) in [5.41, 5.74) is 0.268. The second-order valence-corrected chi connectivity index (χ2v) is 4.17. The van der Waals surface area contributed by atoms with Gasteiger partial charge in [-0.25, -0.2) is 13.2 Å². The van der Waals surface area contributed by atoms with Crippen LogP contribution < -0.4 is 0 Å². The lowest BCUT2D eigenvalue weighted by Gasteiger charge is -2.13. The fourth-order valence-electron chi connectivity index (χ4n) is 1.60. The molecular formula is C12H15F3. The Morgan fingerprint density at radius 2 is 1.80 bits per heavy atom. The first-order valence-electron chi connectivity index (χ1n) is 4.99.